The molecule has 0 saturated carbocycles. The summed E-state index contributed by atoms with van der Waals surface area (Å²) in [7, 11) is 0. The van der Waals surface area contributed by atoms with Gasteiger partial charge in [-0.1, -0.05) is 6.92 Å². The summed E-state index contributed by atoms with van der Waals surface area (Å²) < 4.78 is 7.32. The maximum atomic E-state index is 5.89. The summed E-state index contributed by atoms with van der Waals surface area (Å²) in [5.41, 5.74) is 7.67. The van der Waals surface area contributed by atoms with Crippen molar-refractivity contribution in [2.75, 3.05) is 36.9 Å². The Balaban J connectivity index is 1.95. The van der Waals surface area contributed by atoms with E-state index >= 15 is 0 Å². The number of aryl methyl sites for hydroxylation is 1. The van der Waals surface area contributed by atoms with Crippen LogP contribution >= 0.6 is 0 Å². The van der Waals surface area contributed by atoms with Crippen LogP contribution in [-0.2, 0) is 11.3 Å². The Morgan fingerprint density at radius 1 is 1.29 bits per heavy atom. The van der Waals surface area contributed by atoms with Crippen LogP contribution in [0.1, 0.15) is 13.3 Å². The molecule has 0 radical (unpaired) electrons. The molecule has 7 nitrogen and oxygen atoms in total. The molecule has 7 heteroatoms. The zero-order valence-corrected chi connectivity index (χ0v) is 12.2. The number of hydrogen-bond donors (Lipinski definition) is 1. The molecule has 0 atom stereocenters. The highest BCUT2D eigenvalue weighted by Crippen LogP contribution is 2.23. The molecule has 0 spiro atoms. The first-order valence-corrected chi connectivity index (χ1v) is 7.27. The summed E-state index contributed by atoms with van der Waals surface area (Å²) in [5, 5.41) is 4.34. The number of hydrogen-bond acceptors (Lipinski definition) is 6. The Morgan fingerprint density at radius 3 is 2.86 bits per heavy atom. The van der Waals surface area contributed by atoms with E-state index in [0.29, 0.717) is 19.2 Å². The van der Waals surface area contributed by atoms with E-state index in [1.54, 1.807) is 6.20 Å². The SMILES string of the molecule is CCCn1nccc1-c1cc(N2CCOCC2)nc(N)n1. The van der Waals surface area contributed by atoms with Crippen molar-refractivity contribution in [3.05, 3.63) is 18.3 Å². The average Bonchev–Trinajstić information content (AvgIpc) is 2.96. The Kier molecular flexibility index (Phi) is 4.01. The van der Waals surface area contributed by atoms with E-state index in [0.717, 1.165) is 43.3 Å². The molecule has 1 aliphatic heterocycles. The van der Waals surface area contributed by atoms with E-state index in [4.69, 9.17) is 10.5 Å². The molecule has 1 saturated heterocycles. The van der Waals surface area contributed by atoms with Crippen molar-refractivity contribution in [1.82, 2.24) is 19.7 Å². The third kappa shape index (κ3) is 2.97. The highest BCUT2D eigenvalue weighted by atomic mass is 16.5. The van der Waals surface area contributed by atoms with Crippen LogP contribution in [0.2, 0.25) is 0 Å². The smallest absolute Gasteiger partial charge is 0.222 e. The molecular formula is C14H20N6O. The van der Waals surface area contributed by atoms with E-state index in [-0.39, 0.29) is 0 Å². The topological polar surface area (TPSA) is 82.1 Å². The average molecular weight is 288 g/mol. The fourth-order valence-corrected chi connectivity index (χ4v) is 2.48. The summed E-state index contributed by atoms with van der Waals surface area (Å²) >= 11 is 0. The first-order valence-electron chi connectivity index (χ1n) is 7.27. The van der Waals surface area contributed by atoms with Gasteiger partial charge >= 0.3 is 0 Å². The Bertz CT molecular complexity index is 605. The van der Waals surface area contributed by atoms with Gasteiger partial charge in [0, 0.05) is 31.9 Å². The Labute approximate surface area is 123 Å². The van der Waals surface area contributed by atoms with Gasteiger partial charge in [-0.05, 0) is 12.5 Å². The minimum Gasteiger partial charge on any atom is -0.378 e. The molecule has 3 heterocycles. The van der Waals surface area contributed by atoms with Crippen molar-refractivity contribution >= 4 is 11.8 Å². The third-order valence-electron chi connectivity index (χ3n) is 3.48. The number of nitrogens with zero attached hydrogens (tertiary/aromatic N) is 5. The summed E-state index contributed by atoms with van der Waals surface area (Å²) in [6, 6.07) is 3.94. The van der Waals surface area contributed by atoms with E-state index in [9.17, 15) is 0 Å². The van der Waals surface area contributed by atoms with Crippen molar-refractivity contribution in [3.63, 3.8) is 0 Å². The zero-order chi connectivity index (χ0) is 14.7. The minimum absolute atomic E-state index is 0.290. The maximum Gasteiger partial charge on any atom is 0.222 e. The van der Waals surface area contributed by atoms with Gasteiger partial charge in [-0.2, -0.15) is 10.1 Å². The van der Waals surface area contributed by atoms with Crippen molar-refractivity contribution in [2.24, 2.45) is 0 Å². The van der Waals surface area contributed by atoms with Gasteiger partial charge in [0.05, 0.1) is 24.6 Å². The van der Waals surface area contributed by atoms with Crippen LogP contribution in [0, 0.1) is 0 Å². The van der Waals surface area contributed by atoms with Crippen LogP contribution in [0.15, 0.2) is 18.3 Å². The lowest BCUT2D eigenvalue weighted by Crippen LogP contribution is -2.36. The highest BCUT2D eigenvalue weighted by molar-refractivity contribution is 5.61. The quantitative estimate of drug-likeness (QED) is 0.909. The minimum atomic E-state index is 0.290. The van der Waals surface area contributed by atoms with Crippen LogP contribution in [-0.4, -0.2) is 46.1 Å². The second-order valence-corrected chi connectivity index (χ2v) is 5.01. The lowest BCUT2D eigenvalue weighted by Gasteiger charge is -2.28. The van der Waals surface area contributed by atoms with Crippen LogP contribution in [0.25, 0.3) is 11.4 Å². The van der Waals surface area contributed by atoms with E-state index < -0.39 is 0 Å². The van der Waals surface area contributed by atoms with Gasteiger partial charge in [0.25, 0.3) is 0 Å². The van der Waals surface area contributed by atoms with Crippen LogP contribution in [0.4, 0.5) is 11.8 Å². The molecule has 0 amide bonds. The Morgan fingerprint density at radius 2 is 2.10 bits per heavy atom. The molecule has 0 aliphatic carbocycles. The van der Waals surface area contributed by atoms with Crippen LogP contribution in [0.3, 0.4) is 0 Å². The maximum absolute atomic E-state index is 5.89. The summed E-state index contributed by atoms with van der Waals surface area (Å²) in [5.74, 6) is 1.14. The van der Waals surface area contributed by atoms with Crippen molar-refractivity contribution in [1.29, 1.82) is 0 Å². The van der Waals surface area contributed by atoms with E-state index in [1.807, 2.05) is 16.8 Å². The predicted molar refractivity (Wildman–Crippen MR) is 81.0 cm³/mol. The van der Waals surface area contributed by atoms with Gasteiger partial charge in [0.2, 0.25) is 5.95 Å². The molecule has 3 rings (SSSR count). The first kappa shape index (κ1) is 13.8. The lowest BCUT2D eigenvalue weighted by atomic mass is 10.2. The van der Waals surface area contributed by atoms with Crippen molar-refractivity contribution < 1.29 is 4.74 Å². The second-order valence-electron chi connectivity index (χ2n) is 5.01. The summed E-state index contributed by atoms with van der Waals surface area (Å²) in [4.78, 5) is 10.9. The third-order valence-corrected chi connectivity index (χ3v) is 3.48. The predicted octanol–water partition coefficient (Wildman–Crippen LogP) is 1.17. The molecule has 0 unspecified atom stereocenters. The molecule has 2 N–H and O–H groups in total. The number of aromatic nitrogens is 4. The molecule has 2 aromatic rings. The van der Waals surface area contributed by atoms with Gasteiger partial charge in [-0.3, -0.25) is 4.68 Å². The zero-order valence-electron chi connectivity index (χ0n) is 12.2. The molecule has 0 aromatic carbocycles. The van der Waals surface area contributed by atoms with Crippen molar-refractivity contribution in [2.45, 2.75) is 19.9 Å². The summed E-state index contributed by atoms with van der Waals surface area (Å²) in [6.07, 6.45) is 2.81. The fourth-order valence-electron chi connectivity index (χ4n) is 2.48. The van der Waals surface area contributed by atoms with Crippen LogP contribution < -0.4 is 10.6 Å². The number of nitrogen functional groups attached to an aromatic ring is 1. The number of morpholine rings is 1. The van der Waals surface area contributed by atoms with Gasteiger partial charge in [-0.15, -0.1) is 0 Å². The molecule has 21 heavy (non-hydrogen) atoms. The van der Waals surface area contributed by atoms with Gasteiger partial charge in [-0.25, -0.2) is 4.98 Å². The molecule has 112 valence electrons. The number of anilines is 2. The molecule has 1 aliphatic rings. The number of rotatable bonds is 4. The van der Waals surface area contributed by atoms with Gasteiger partial charge < -0.3 is 15.4 Å². The fraction of sp³-hybridized carbons (Fsp3) is 0.500. The number of nitrogens with two attached hydrogens (primary N) is 1. The summed E-state index contributed by atoms with van der Waals surface area (Å²) in [6.45, 7) is 6.06. The molecule has 2 aromatic heterocycles. The second kappa shape index (κ2) is 6.09. The van der Waals surface area contributed by atoms with E-state index in [2.05, 4.69) is 26.9 Å². The molecule has 0 bridgehead atoms. The lowest BCUT2D eigenvalue weighted by molar-refractivity contribution is 0.122. The normalized spacial score (nSPS) is 15.4. The van der Waals surface area contributed by atoms with E-state index in [1.165, 1.54) is 0 Å². The Hall–Kier alpha value is -2.15. The van der Waals surface area contributed by atoms with Gasteiger partial charge in [0.1, 0.15) is 5.82 Å². The van der Waals surface area contributed by atoms with Crippen molar-refractivity contribution in [3.8, 4) is 11.4 Å². The van der Waals surface area contributed by atoms with Gasteiger partial charge in [0.15, 0.2) is 0 Å². The highest BCUT2D eigenvalue weighted by Gasteiger charge is 2.16. The number of ether oxygens (including phenoxy) is 1. The standard InChI is InChI=1S/C14H20N6O/c1-2-5-20-12(3-4-16-20)11-10-13(18-14(15)17-11)19-6-8-21-9-7-19/h3-4,10H,2,5-9H2,1H3,(H2,15,17,18). The monoisotopic (exact) mass is 288 g/mol. The van der Waals surface area contributed by atoms with Crippen LogP contribution in [0.5, 0.6) is 0 Å². The molecule has 1 fully saturated rings. The first-order chi connectivity index (χ1) is 10.3. The molecular weight excluding hydrogens is 268 g/mol. The largest absolute Gasteiger partial charge is 0.378 e.